The van der Waals surface area contributed by atoms with Crippen molar-refractivity contribution in [2.75, 3.05) is 7.11 Å². The summed E-state index contributed by atoms with van der Waals surface area (Å²) in [6, 6.07) is 3.58. The molecule has 0 atom stereocenters. The molecule has 0 aliphatic heterocycles. The highest BCUT2D eigenvalue weighted by atomic mass is 19.2. The molecule has 1 aliphatic carbocycles. The van der Waals surface area contributed by atoms with Gasteiger partial charge in [-0.05, 0) is 30.5 Å². The van der Waals surface area contributed by atoms with E-state index in [0.717, 1.165) is 31.4 Å². The second-order valence-electron chi connectivity index (χ2n) is 5.11. The molecular weight excluding hydrogens is 250 g/mol. The number of halogens is 2. The smallest absolute Gasteiger partial charge is 0.168 e. The molecule has 0 radical (unpaired) electrons. The van der Waals surface area contributed by atoms with E-state index in [1.54, 1.807) is 7.11 Å². The van der Waals surface area contributed by atoms with Gasteiger partial charge in [-0.1, -0.05) is 25.3 Å². The van der Waals surface area contributed by atoms with Crippen LogP contribution in [0.3, 0.4) is 0 Å². The van der Waals surface area contributed by atoms with Crippen LogP contribution in [0.1, 0.15) is 37.7 Å². The molecule has 1 aromatic carbocycles. The van der Waals surface area contributed by atoms with Crippen molar-refractivity contribution in [2.24, 2.45) is 0 Å². The van der Waals surface area contributed by atoms with Gasteiger partial charge in [-0.25, -0.2) is 8.78 Å². The SMILES string of the molecule is COC1(C(=O)Cc2ccc(F)c(F)c2)CCCCC1. The van der Waals surface area contributed by atoms with E-state index >= 15 is 0 Å². The van der Waals surface area contributed by atoms with Gasteiger partial charge in [0, 0.05) is 13.5 Å². The molecule has 4 heteroatoms. The van der Waals surface area contributed by atoms with E-state index in [-0.39, 0.29) is 12.2 Å². The van der Waals surface area contributed by atoms with Crippen LogP contribution in [0.4, 0.5) is 8.78 Å². The number of Topliss-reactive ketones (excluding diaryl/α,β-unsaturated/α-hetero) is 1. The largest absolute Gasteiger partial charge is 0.370 e. The number of ether oxygens (including phenoxy) is 1. The van der Waals surface area contributed by atoms with E-state index in [9.17, 15) is 13.6 Å². The second kappa shape index (κ2) is 5.78. The molecule has 0 bridgehead atoms. The zero-order valence-corrected chi connectivity index (χ0v) is 11.0. The molecule has 19 heavy (non-hydrogen) atoms. The van der Waals surface area contributed by atoms with Crippen molar-refractivity contribution >= 4 is 5.78 Å². The Bertz CT molecular complexity index is 465. The van der Waals surface area contributed by atoms with Crippen molar-refractivity contribution in [3.8, 4) is 0 Å². The van der Waals surface area contributed by atoms with Crippen LogP contribution in [0.25, 0.3) is 0 Å². The van der Waals surface area contributed by atoms with Crippen molar-refractivity contribution in [3.63, 3.8) is 0 Å². The Balaban J connectivity index is 2.12. The first-order valence-electron chi connectivity index (χ1n) is 6.60. The average molecular weight is 268 g/mol. The molecule has 2 rings (SSSR count). The zero-order chi connectivity index (χ0) is 13.9. The van der Waals surface area contributed by atoms with Gasteiger partial charge in [0.15, 0.2) is 17.4 Å². The standard InChI is InChI=1S/C15H18F2O2/c1-19-15(7-3-2-4-8-15)14(18)10-11-5-6-12(16)13(17)9-11/h5-6,9H,2-4,7-8,10H2,1H3. The summed E-state index contributed by atoms with van der Waals surface area (Å²) < 4.78 is 31.4. The highest BCUT2D eigenvalue weighted by Gasteiger charge is 2.38. The molecule has 1 aliphatic rings. The van der Waals surface area contributed by atoms with E-state index in [2.05, 4.69) is 0 Å². The number of benzene rings is 1. The van der Waals surface area contributed by atoms with Crippen LogP contribution in [-0.2, 0) is 16.0 Å². The molecule has 0 unspecified atom stereocenters. The first-order chi connectivity index (χ1) is 9.07. The number of ketones is 1. The van der Waals surface area contributed by atoms with Crippen LogP contribution < -0.4 is 0 Å². The summed E-state index contributed by atoms with van der Waals surface area (Å²) in [5.74, 6) is -1.85. The number of hydrogen-bond donors (Lipinski definition) is 0. The highest BCUT2D eigenvalue weighted by molar-refractivity contribution is 5.89. The molecule has 1 saturated carbocycles. The maximum Gasteiger partial charge on any atom is 0.168 e. The molecule has 0 heterocycles. The molecule has 0 spiro atoms. The van der Waals surface area contributed by atoms with E-state index in [1.807, 2.05) is 0 Å². The van der Waals surface area contributed by atoms with E-state index in [0.29, 0.717) is 18.4 Å². The van der Waals surface area contributed by atoms with Crippen LogP contribution in [0.5, 0.6) is 0 Å². The maximum atomic E-state index is 13.1. The fourth-order valence-electron chi connectivity index (χ4n) is 2.72. The van der Waals surface area contributed by atoms with Gasteiger partial charge in [0.05, 0.1) is 0 Å². The number of rotatable bonds is 4. The van der Waals surface area contributed by atoms with Crippen LogP contribution in [0, 0.1) is 11.6 Å². The van der Waals surface area contributed by atoms with Crippen molar-refractivity contribution < 1.29 is 18.3 Å². The summed E-state index contributed by atoms with van der Waals surface area (Å²) in [6.45, 7) is 0. The minimum atomic E-state index is -0.916. The van der Waals surface area contributed by atoms with Gasteiger partial charge in [-0.3, -0.25) is 4.79 Å². The molecule has 0 N–H and O–H groups in total. The Morgan fingerprint density at radius 3 is 2.47 bits per heavy atom. The van der Waals surface area contributed by atoms with Gasteiger partial charge in [-0.2, -0.15) is 0 Å². The lowest BCUT2D eigenvalue weighted by Gasteiger charge is -2.34. The zero-order valence-electron chi connectivity index (χ0n) is 11.0. The lowest BCUT2D eigenvalue weighted by Crippen LogP contribution is -2.43. The van der Waals surface area contributed by atoms with E-state index in [1.165, 1.54) is 6.07 Å². The van der Waals surface area contributed by atoms with Crippen LogP contribution in [0.2, 0.25) is 0 Å². The predicted octanol–water partition coefficient (Wildman–Crippen LogP) is 3.43. The van der Waals surface area contributed by atoms with E-state index in [4.69, 9.17) is 4.74 Å². The monoisotopic (exact) mass is 268 g/mol. The fraction of sp³-hybridized carbons (Fsp3) is 0.533. The first-order valence-corrected chi connectivity index (χ1v) is 6.60. The van der Waals surface area contributed by atoms with Gasteiger partial charge in [0.25, 0.3) is 0 Å². The summed E-state index contributed by atoms with van der Waals surface area (Å²) >= 11 is 0. The van der Waals surface area contributed by atoms with Gasteiger partial charge in [0.1, 0.15) is 5.60 Å². The predicted molar refractivity (Wildman–Crippen MR) is 67.9 cm³/mol. The van der Waals surface area contributed by atoms with Gasteiger partial charge in [-0.15, -0.1) is 0 Å². The molecular formula is C15H18F2O2. The Labute approximate surface area is 111 Å². The Kier molecular flexibility index (Phi) is 4.30. The lowest BCUT2D eigenvalue weighted by molar-refractivity contribution is -0.144. The van der Waals surface area contributed by atoms with Crippen molar-refractivity contribution in [2.45, 2.75) is 44.1 Å². The summed E-state index contributed by atoms with van der Waals surface area (Å²) in [7, 11) is 1.55. The molecule has 1 aromatic rings. The van der Waals surface area contributed by atoms with E-state index < -0.39 is 17.2 Å². The molecule has 0 aromatic heterocycles. The van der Waals surface area contributed by atoms with Gasteiger partial charge < -0.3 is 4.74 Å². The minimum Gasteiger partial charge on any atom is -0.370 e. The molecule has 1 fully saturated rings. The first kappa shape index (κ1) is 14.1. The number of methoxy groups -OCH3 is 1. The second-order valence-corrected chi connectivity index (χ2v) is 5.11. The summed E-state index contributed by atoms with van der Waals surface area (Å²) in [5, 5.41) is 0. The third-order valence-electron chi connectivity index (χ3n) is 3.91. The minimum absolute atomic E-state index is 0.0410. The number of carbonyl (C=O) groups excluding carboxylic acids is 1. The van der Waals surface area contributed by atoms with Crippen molar-refractivity contribution in [3.05, 3.63) is 35.4 Å². The van der Waals surface area contributed by atoms with Crippen molar-refractivity contribution in [1.82, 2.24) is 0 Å². The third-order valence-corrected chi connectivity index (χ3v) is 3.91. The van der Waals surface area contributed by atoms with Crippen LogP contribution in [0.15, 0.2) is 18.2 Å². The third kappa shape index (κ3) is 3.00. The topological polar surface area (TPSA) is 26.3 Å². The average Bonchev–Trinajstić information content (AvgIpc) is 2.43. The van der Waals surface area contributed by atoms with Crippen LogP contribution in [-0.4, -0.2) is 18.5 Å². The Morgan fingerprint density at radius 2 is 1.89 bits per heavy atom. The summed E-state index contributed by atoms with van der Waals surface area (Å²) in [5.41, 5.74) is -0.241. The number of carbonyl (C=O) groups is 1. The quantitative estimate of drug-likeness (QED) is 0.836. The molecule has 2 nitrogen and oxygen atoms in total. The lowest BCUT2D eigenvalue weighted by atomic mass is 9.79. The van der Waals surface area contributed by atoms with Crippen molar-refractivity contribution in [1.29, 1.82) is 0 Å². The Hall–Kier alpha value is -1.29. The summed E-state index contributed by atoms with van der Waals surface area (Å²) in [4.78, 5) is 12.4. The highest BCUT2D eigenvalue weighted by Crippen LogP contribution is 2.33. The van der Waals surface area contributed by atoms with Crippen LogP contribution >= 0.6 is 0 Å². The Morgan fingerprint density at radius 1 is 1.21 bits per heavy atom. The molecule has 0 amide bonds. The van der Waals surface area contributed by atoms with Gasteiger partial charge >= 0.3 is 0 Å². The fourth-order valence-corrected chi connectivity index (χ4v) is 2.72. The van der Waals surface area contributed by atoms with Gasteiger partial charge in [0.2, 0.25) is 0 Å². The number of hydrogen-bond acceptors (Lipinski definition) is 2. The maximum absolute atomic E-state index is 13.1. The molecule has 104 valence electrons. The molecule has 0 saturated heterocycles. The summed E-state index contributed by atoms with van der Waals surface area (Å²) in [6.07, 6.45) is 4.57. The normalized spacial score (nSPS) is 18.3.